The molecule has 138 valence electrons. The molecule has 0 radical (unpaired) electrons. The molecular weight excluding hydrogens is 322 g/mol. The normalized spacial score (nSPS) is 28.7. The van der Waals surface area contributed by atoms with Crippen LogP contribution in [0.5, 0.6) is 0 Å². The lowest BCUT2D eigenvalue weighted by Crippen LogP contribution is -2.60. The second kappa shape index (κ2) is 7.26. The van der Waals surface area contributed by atoms with Gasteiger partial charge in [-0.1, -0.05) is 50.1 Å². The number of hydrogen-bond donors (Lipinski definition) is 1. The van der Waals surface area contributed by atoms with Crippen LogP contribution in [-0.2, 0) is 11.3 Å². The number of aryl methyl sites for hydroxylation is 1. The lowest BCUT2D eigenvalue weighted by molar-refractivity contribution is -0.128. The number of aromatic nitrogens is 2. The molecule has 0 bridgehead atoms. The summed E-state index contributed by atoms with van der Waals surface area (Å²) in [5, 5.41) is 7.82. The minimum absolute atomic E-state index is 0.0756. The standard InChI is InChI=1S/C22H29N3O/c1-15(14-25-13-12-16(2)24-25)22(26)23-21-19-11-7-6-10-18(19)20(21)17-8-4-3-5-9-17/h3-5,8-9,12-13,15,18-21H,6-7,10-11,14H2,1-2H3,(H,23,26)/t15-,18-,19+,20-,21-/m0/s1. The second-order valence-electron chi connectivity index (χ2n) is 8.16. The van der Waals surface area contributed by atoms with Crippen LogP contribution in [0.4, 0.5) is 0 Å². The van der Waals surface area contributed by atoms with Crippen LogP contribution in [0.1, 0.15) is 49.8 Å². The van der Waals surface area contributed by atoms with E-state index in [1.165, 1.54) is 31.2 Å². The SMILES string of the molecule is Cc1ccn(C[C@H](C)C(=O)N[C@H]2[C@@H]3CCCC[C@@H]3[C@@H]2c2ccccc2)n1. The number of carbonyl (C=O) groups is 1. The first-order valence-corrected chi connectivity index (χ1v) is 9.99. The molecule has 1 heterocycles. The number of amides is 1. The molecule has 0 spiro atoms. The molecule has 1 aromatic heterocycles. The quantitative estimate of drug-likeness (QED) is 0.887. The molecule has 4 rings (SSSR count). The second-order valence-corrected chi connectivity index (χ2v) is 8.16. The predicted octanol–water partition coefficient (Wildman–Crippen LogP) is 3.92. The molecule has 0 unspecified atom stereocenters. The number of nitrogens with zero attached hydrogens (tertiary/aromatic N) is 2. The van der Waals surface area contributed by atoms with Crippen LogP contribution in [0, 0.1) is 24.7 Å². The van der Waals surface area contributed by atoms with Gasteiger partial charge < -0.3 is 5.32 Å². The van der Waals surface area contributed by atoms with Gasteiger partial charge in [0.05, 0.1) is 18.2 Å². The molecule has 2 aliphatic carbocycles. The van der Waals surface area contributed by atoms with Gasteiger partial charge in [-0.2, -0.15) is 5.10 Å². The van der Waals surface area contributed by atoms with Crippen molar-refractivity contribution >= 4 is 5.91 Å². The minimum Gasteiger partial charge on any atom is -0.352 e. The molecule has 4 nitrogen and oxygen atoms in total. The van der Waals surface area contributed by atoms with E-state index in [1.54, 1.807) is 0 Å². The van der Waals surface area contributed by atoms with Crippen molar-refractivity contribution in [1.29, 1.82) is 0 Å². The number of benzene rings is 1. The Labute approximate surface area is 156 Å². The molecule has 2 fully saturated rings. The molecule has 2 aliphatic rings. The summed E-state index contributed by atoms with van der Waals surface area (Å²) in [5.41, 5.74) is 2.38. The fraction of sp³-hybridized carbons (Fsp3) is 0.545. The topological polar surface area (TPSA) is 46.9 Å². The van der Waals surface area contributed by atoms with E-state index in [0.717, 1.165) is 11.6 Å². The Kier molecular flexibility index (Phi) is 4.84. The molecule has 1 N–H and O–H groups in total. The smallest absolute Gasteiger partial charge is 0.224 e. The maximum Gasteiger partial charge on any atom is 0.224 e. The molecular formula is C22H29N3O. The van der Waals surface area contributed by atoms with Crippen molar-refractivity contribution in [1.82, 2.24) is 15.1 Å². The number of nitrogens with one attached hydrogen (secondary N) is 1. The number of fused-ring (bicyclic) bond motifs is 1. The Morgan fingerprint density at radius 2 is 1.92 bits per heavy atom. The highest BCUT2D eigenvalue weighted by Crippen LogP contribution is 2.54. The van der Waals surface area contributed by atoms with E-state index < -0.39 is 0 Å². The first-order chi connectivity index (χ1) is 12.6. The van der Waals surface area contributed by atoms with E-state index in [4.69, 9.17) is 0 Å². The van der Waals surface area contributed by atoms with Crippen molar-refractivity contribution in [3.8, 4) is 0 Å². The Morgan fingerprint density at radius 3 is 2.62 bits per heavy atom. The summed E-state index contributed by atoms with van der Waals surface area (Å²) in [6, 6.07) is 13.0. The van der Waals surface area contributed by atoms with Crippen molar-refractivity contribution in [3.63, 3.8) is 0 Å². The lowest BCUT2D eigenvalue weighted by atomic mass is 9.53. The number of carbonyl (C=O) groups excluding carboxylic acids is 1. The van der Waals surface area contributed by atoms with Crippen LogP contribution >= 0.6 is 0 Å². The minimum atomic E-state index is -0.0756. The molecule has 2 saturated carbocycles. The summed E-state index contributed by atoms with van der Waals surface area (Å²) in [7, 11) is 0. The molecule has 0 aliphatic heterocycles. The maximum absolute atomic E-state index is 12.9. The average Bonchev–Trinajstić information content (AvgIpc) is 3.05. The van der Waals surface area contributed by atoms with Gasteiger partial charge >= 0.3 is 0 Å². The molecule has 4 heteroatoms. The Balaban J connectivity index is 1.45. The van der Waals surface area contributed by atoms with E-state index >= 15 is 0 Å². The zero-order chi connectivity index (χ0) is 18.1. The van der Waals surface area contributed by atoms with Crippen LogP contribution < -0.4 is 5.32 Å². The van der Waals surface area contributed by atoms with Crippen molar-refractivity contribution in [3.05, 3.63) is 53.9 Å². The fourth-order valence-corrected chi connectivity index (χ4v) is 5.03. The summed E-state index contributed by atoms with van der Waals surface area (Å²) in [6.45, 7) is 4.61. The van der Waals surface area contributed by atoms with Crippen molar-refractivity contribution in [2.75, 3.05) is 0 Å². The van der Waals surface area contributed by atoms with Gasteiger partial charge in [0.15, 0.2) is 0 Å². The van der Waals surface area contributed by atoms with Crippen LogP contribution in [-0.4, -0.2) is 21.7 Å². The molecule has 0 saturated heterocycles. The van der Waals surface area contributed by atoms with Crippen molar-refractivity contribution in [2.24, 2.45) is 17.8 Å². The summed E-state index contributed by atoms with van der Waals surface area (Å²) in [6.07, 6.45) is 7.15. The first kappa shape index (κ1) is 17.3. The van der Waals surface area contributed by atoms with E-state index in [9.17, 15) is 4.79 Å². The molecule has 5 atom stereocenters. The van der Waals surface area contributed by atoms with Gasteiger partial charge in [-0.25, -0.2) is 0 Å². The average molecular weight is 351 g/mol. The largest absolute Gasteiger partial charge is 0.352 e. The lowest BCUT2D eigenvalue weighted by Gasteiger charge is -2.55. The zero-order valence-corrected chi connectivity index (χ0v) is 15.8. The highest BCUT2D eigenvalue weighted by atomic mass is 16.2. The monoisotopic (exact) mass is 351 g/mol. The maximum atomic E-state index is 12.9. The third-order valence-corrected chi connectivity index (χ3v) is 6.36. The molecule has 1 aromatic carbocycles. The number of rotatable bonds is 5. The van der Waals surface area contributed by atoms with Crippen LogP contribution in [0.25, 0.3) is 0 Å². The third-order valence-electron chi connectivity index (χ3n) is 6.36. The van der Waals surface area contributed by atoms with Crippen molar-refractivity contribution < 1.29 is 4.79 Å². The molecule has 1 amide bonds. The summed E-state index contributed by atoms with van der Waals surface area (Å²) < 4.78 is 1.87. The van der Waals surface area contributed by atoms with Gasteiger partial charge in [0.1, 0.15) is 0 Å². The summed E-state index contributed by atoms with van der Waals surface area (Å²) in [4.78, 5) is 12.9. The van der Waals surface area contributed by atoms with E-state index in [-0.39, 0.29) is 17.9 Å². The van der Waals surface area contributed by atoms with E-state index in [0.29, 0.717) is 18.4 Å². The van der Waals surface area contributed by atoms with E-state index in [1.807, 2.05) is 30.8 Å². The van der Waals surface area contributed by atoms with Gasteiger partial charge in [0, 0.05) is 18.2 Å². The van der Waals surface area contributed by atoms with Gasteiger partial charge in [-0.05, 0) is 43.2 Å². The fourth-order valence-electron chi connectivity index (χ4n) is 5.03. The van der Waals surface area contributed by atoms with Gasteiger partial charge in [-0.15, -0.1) is 0 Å². The zero-order valence-electron chi connectivity index (χ0n) is 15.8. The predicted molar refractivity (Wildman–Crippen MR) is 103 cm³/mol. The summed E-state index contributed by atoms with van der Waals surface area (Å²) >= 11 is 0. The van der Waals surface area contributed by atoms with Crippen LogP contribution in [0.15, 0.2) is 42.6 Å². The third kappa shape index (κ3) is 3.29. The van der Waals surface area contributed by atoms with Crippen LogP contribution in [0.2, 0.25) is 0 Å². The Hall–Kier alpha value is -2.10. The Bertz CT molecular complexity index is 754. The molecule has 2 aromatic rings. The first-order valence-electron chi connectivity index (χ1n) is 9.99. The summed E-state index contributed by atoms with van der Waals surface area (Å²) in [5.74, 6) is 1.95. The van der Waals surface area contributed by atoms with E-state index in [2.05, 4.69) is 40.7 Å². The highest BCUT2D eigenvalue weighted by Gasteiger charge is 2.51. The van der Waals surface area contributed by atoms with Gasteiger partial charge in [-0.3, -0.25) is 9.48 Å². The number of hydrogen-bond acceptors (Lipinski definition) is 2. The molecule has 26 heavy (non-hydrogen) atoms. The van der Waals surface area contributed by atoms with Gasteiger partial charge in [0.25, 0.3) is 0 Å². The highest BCUT2D eigenvalue weighted by molar-refractivity contribution is 5.78. The van der Waals surface area contributed by atoms with Gasteiger partial charge in [0.2, 0.25) is 5.91 Å². The van der Waals surface area contributed by atoms with Crippen LogP contribution in [0.3, 0.4) is 0 Å². The Morgan fingerprint density at radius 1 is 1.19 bits per heavy atom. The van der Waals surface area contributed by atoms with Crippen molar-refractivity contribution in [2.45, 2.75) is 58.0 Å².